The molecule has 86 valence electrons. The smallest absolute Gasteiger partial charge is 0.159 e. The molecule has 0 aliphatic heterocycles. The van der Waals surface area contributed by atoms with Crippen molar-refractivity contribution in [1.29, 1.82) is 0 Å². The number of halogens is 1. The fourth-order valence-corrected chi connectivity index (χ4v) is 3.45. The van der Waals surface area contributed by atoms with Gasteiger partial charge in [0.1, 0.15) is 5.01 Å². The van der Waals surface area contributed by atoms with E-state index < -0.39 is 0 Å². The molecule has 0 saturated heterocycles. The van der Waals surface area contributed by atoms with Crippen molar-refractivity contribution in [1.82, 2.24) is 15.2 Å². The molecule has 0 saturated carbocycles. The van der Waals surface area contributed by atoms with E-state index in [1.165, 1.54) is 0 Å². The highest BCUT2D eigenvalue weighted by atomic mass is 35.5. The van der Waals surface area contributed by atoms with Crippen molar-refractivity contribution < 1.29 is 0 Å². The van der Waals surface area contributed by atoms with Gasteiger partial charge in [-0.1, -0.05) is 11.3 Å². The summed E-state index contributed by atoms with van der Waals surface area (Å²) in [6, 6.07) is 0. The third-order valence-electron chi connectivity index (χ3n) is 2.09. The Balaban J connectivity index is 2.21. The highest BCUT2D eigenvalue weighted by Crippen LogP contribution is 2.32. The molecule has 2 heterocycles. The maximum Gasteiger partial charge on any atom is 0.159 e. The lowest BCUT2D eigenvalue weighted by Crippen LogP contribution is -1.84. The van der Waals surface area contributed by atoms with Crippen molar-refractivity contribution in [2.24, 2.45) is 0 Å². The Kier molecular flexibility index (Phi) is 3.89. The second-order valence-corrected chi connectivity index (χ2v) is 6.08. The summed E-state index contributed by atoms with van der Waals surface area (Å²) in [4.78, 5) is 5.54. The molecule has 0 spiro atoms. The molecule has 0 aliphatic carbocycles. The van der Waals surface area contributed by atoms with Gasteiger partial charge in [0, 0.05) is 12.3 Å². The van der Waals surface area contributed by atoms with Crippen molar-refractivity contribution in [3.05, 3.63) is 15.7 Å². The number of thiazole rings is 1. The van der Waals surface area contributed by atoms with Gasteiger partial charge < -0.3 is 0 Å². The number of hydrogen-bond donors (Lipinski definition) is 0. The molecule has 3 nitrogen and oxygen atoms in total. The molecule has 6 heteroatoms. The number of hydrogen-bond acceptors (Lipinski definition) is 5. The largest absolute Gasteiger partial charge is 0.246 e. The second kappa shape index (κ2) is 5.21. The Hall–Kier alpha value is -0.520. The van der Waals surface area contributed by atoms with Gasteiger partial charge in [0.2, 0.25) is 0 Å². The van der Waals surface area contributed by atoms with Crippen LogP contribution in [-0.4, -0.2) is 21.1 Å². The van der Waals surface area contributed by atoms with E-state index in [2.05, 4.69) is 15.2 Å². The van der Waals surface area contributed by atoms with E-state index >= 15 is 0 Å². The molecule has 0 amide bonds. The molecule has 0 aliphatic rings. The van der Waals surface area contributed by atoms with Crippen molar-refractivity contribution >= 4 is 34.3 Å². The van der Waals surface area contributed by atoms with Crippen LogP contribution in [0.25, 0.3) is 9.88 Å². The Labute approximate surface area is 108 Å². The van der Waals surface area contributed by atoms with E-state index in [9.17, 15) is 0 Å². The fourth-order valence-electron chi connectivity index (χ4n) is 1.39. The molecule has 2 rings (SSSR count). The summed E-state index contributed by atoms with van der Waals surface area (Å²) in [5, 5.41) is 11.5. The van der Waals surface area contributed by atoms with Gasteiger partial charge in [0.05, 0.1) is 15.6 Å². The van der Waals surface area contributed by atoms with Crippen LogP contribution in [0.15, 0.2) is 0 Å². The third kappa shape index (κ3) is 2.59. The Morgan fingerprint density at radius 3 is 2.62 bits per heavy atom. The van der Waals surface area contributed by atoms with Gasteiger partial charge in [0.25, 0.3) is 0 Å². The number of aromatic nitrogens is 3. The summed E-state index contributed by atoms with van der Waals surface area (Å²) in [5.41, 5.74) is 1.04. The normalized spacial score (nSPS) is 10.9. The molecule has 0 atom stereocenters. The number of aryl methyl sites for hydroxylation is 3. The summed E-state index contributed by atoms with van der Waals surface area (Å²) in [7, 11) is 0. The van der Waals surface area contributed by atoms with Crippen molar-refractivity contribution in [3.63, 3.8) is 0 Å². The van der Waals surface area contributed by atoms with Gasteiger partial charge in [-0.25, -0.2) is 4.98 Å². The van der Waals surface area contributed by atoms with Crippen LogP contribution < -0.4 is 0 Å². The molecule has 0 bridgehead atoms. The predicted octanol–water partition coefficient (Wildman–Crippen LogP) is 3.45. The second-order valence-electron chi connectivity index (χ2n) is 3.44. The summed E-state index contributed by atoms with van der Waals surface area (Å²) in [6.07, 6.45) is 1.87. The average molecular weight is 274 g/mol. The Bertz CT molecular complexity index is 478. The lowest BCUT2D eigenvalue weighted by Gasteiger charge is -1.89. The van der Waals surface area contributed by atoms with Gasteiger partial charge in [0.15, 0.2) is 5.01 Å². The average Bonchev–Trinajstić information content (AvgIpc) is 2.82. The number of rotatable bonds is 4. The minimum Gasteiger partial charge on any atom is -0.246 e. The summed E-state index contributed by atoms with van der Waals surface area (Å²) >= 11 is 8.97. The standard InChI is InChI=1S/C10H12ClN3S2/c1-6-9(15-7(2)12-6)10-14-13-8(16-10)4-3-5-11/h3-5H2,1-2H3. The van der Waals surface area contributed by atoms with Gasteiger partial charge in [-0.3, -0.25) is 0 Å². The van der Waals surface area contributed by atoms with Crippen molar-refractivity contribution in [2.45, 2.75) is 26.7 Å². The zero-order chi connectivity index (χ0) is 11.5. The Morgan fingerprint density at radius 2 is 2.00 bits per heavy atom. The lowest BCUT2D eigenvalue weighted by molar-refractivity contribution is 0.884. The minimum atomic E-state index is 0.674. The number of nitrogens with zero attached hydrogens (tertiary/aromatic N) is 3. The van der Waals surface area contributed by atoms with E-state index in [0.29, 0.717) is 5.88 Å². The molecular formula is C10H12ClN3S2. The van der Waals surface area contributed by atoms with E-state index in [1.807, 2.05) is 13.8 Å². The van der Waals surface area contributed by atoms with Gasteiger partial charge in [-0.2, -0.15) is 0 Å². The monoisotopic (exact) mass is 273 g/mol. The first-order chi connectivity index (χ1) is 7.70. The van der Waals surface area contributed by atoms with Gasteiger partial charge in [-0.05, 0) is 20.3 Å². The first-order valence-electron chi connectivity index (χ1n) is 5.03. The fraction of sp³-hybridized carbons (Fsp3) is 0.500. The van der Waals surface area contributed by atoms with Crippen LogP contribution in [0.2, 0.25) is 0 Å². The first kappa shape index (κ1) is 12.0. The molecule has 2 aromatic heterocycles. The van der Waals surface area contributed by atoms with E-state index in [-0.39, 0.29) is 0 Å². The Morgan fingerprint density at radius 1 is 1.19 bits per heavy atom. The minimum absolute atomic E-state index is 0.674. The lowest BCUT2D eigenvalue weighted by atomic mass is 10.4. The SMILES string of the molecule is Cc1nc(C)c(-c2nnc(CCCCl)s2)s1. The molecule has 0 fully saturated rings. The molecular weight excluding hydrogens is 262 g/mol. The third-order valence-corrected chi connectivity index (χ3v) is 4.57. The maximum absolute atomic E-state index is 5.65. The molecule has 2 aromatic rings. The quantitative estimate of drug-likeness (QED) is 0.801. The summed E-state index contributed by atoms with van der Waals surface area (Å²) in [5.74, 6) is 0.674. The molecule has 0 aromatic carbocycles. The van der Waals surface area contributed by atoms with E-state index in [4.69, 9.17) is 11.6 Å². The highest BCUT2D eigenvalue weighted by molar-refractivity contribution is 7.21. The predicted molar refractivity (Wildman–Crippen MR) is 69.5 cm³/mol. The van der Waals surface area contributed by atoms with Crippen LogP contribution in [0, 0.1) is 13.8 Å². The molecule has 16 heavy (non-hydrogen) atoms. The van der Waals surface area contributed by atoms with E-state index in [1.54, 1.807) is 22.7 Å². The van der Waals surface area contributed by atoms with Gasteiger partial charge in [-0.15, -0.1) is 33.1 Å². The van der Waals surface area contributed by atoms with Crippen LogP contribution in [0.5, 0.6) is 0 Å². The van der Waals surface area contributed by atoms with Gasteiger partial charge >= 0.3 is 0 Å². The van der Waals surface area contributed by atoms with Crippen LogP contribution in [0.4, 0.5) is 0 Å². The van der Waals surface area contributed by atoms with Crippen molar-refractivity contribution in [2.75, 3.05) is 5.88 Å². The number of alkyl halides is 1. The zero-order valence-electron chi connectivity index (χ0n) is 9.16. The van der Waals surface area contributed by atoms with Crippen LogP contribution >= 0.6 is 34.3 Å². The van der Waals surface area contributed by atoms with Crippen LogP contribution in [0.1, 0.15) is 22.1 Å². The molecule has 0 radical (unpaired) electrons. The van der Waals surface area contributed by atoms with Crippen LogP contribution in [-0.2, 0) is 6.42 Å². The zero-order valence-corrected chi connectivity index (χ0v) is 11.5. The topological polar surface area (TPSA) is 38.7 Å². The van der Waals surface area contributed by atoms with Crippen LogP contribution in [0.3, 0.4) is 0 Å². The van der Waals surface area contributed by atoms with Crippen molar-refractivity contribution in [3.8, 4) is 9.88 Å². The highest BCUT2D eigenvalue weighted by Gasteiger charge is 2.12. The molecule has 0 N–H and O–H groups in total. The molecule has 0 unspecified atom stereocenters. The summed E-state index contributed by atoms with van der Waals surface area (Å²) < 4.78 is 0. The first-order valence-corrected chi connectivity index (χ1v) is 7.20. The maximum atomic E-state index is 5.65. The summed E-state index contributed by atoms with van der Waals surface area (Å²) in [6.45, 7) is 4.02. The van der Waals surface area contributed by atoms with E-state index in [0.717, 1.165) is 38.4 Å².